The number of hydrogen-bond donors (Lipinski definition) is 2. The van der Waals surface area contributed by atoms with Crippen LogP contribution in [-0.4, -0.2) is 27.2 Å². The molecule has 1 aromatic heterocycles. The van der Waals surface area contributed by atoms with Crippen LogP contribution in [0.25, 0.3) is 0 Å². The lowest BCUT2D eigenvalue weighted by molar-refractivity contribution is 0.0163. The van der Waals surface area contributed by atoms with Gasteiger partial charge in [0.15, 0.2) is 0 Å². The fraction of sp³-hybridized carbons (Fsp3) is 0.500. The van der Waals surface area contributed by atoms with Gasteiger partial charge in [0.2, 0.25) is 5.95 Å². The normalized spacial score (nSPS) is 15.0. The molecular weight excluding hydrogens is 221 g/mol. The summed E-state index contributed by atoms with van der Waals surface area (Å²) in [5, 5.41) is 19.2. The number of nitrogens with zero attached hydrogens (tertiary/aromatic N) is 1. The Morgan fingerprint density at radius 2 is 2.13 bits per heavy atom. The molecule has 0 spiro atoms. The van der Waals surface area contributed by atoms with Crippen LogP contribution in [0.15, 0.2) is 12.1 Å². The molecule has 0 saturated heterocycles. The van der Waals surface area contributed by atoms with Crippen molar-refractivity contribution < 1.29 is 14.6 Å². The van der Waals surface area contributed by atoms with E-state index in [4.69, 9.17) is 11.6 Å². The van der Waals surface area contributed by atoms with Crippen LogP contribution < -0.4 is 0 Å². The zero-order chi connectivity index (χ0) is 11.4. The van der Waals surface area contributed by atoms with Crippen molar-refractivity contribution in [2.24, 2.45) is 0 Å². The summed E-state index contributed by atoms with van der Waals surface area (Å²) in [6, 6.07) is 2.57. The van der Waals surface area contributed by atoms with Gasteiger partial charge in [-0.25, -0.2) is 4.98 Å². The van der Waals surface area contributed by atoms with Crippen molar-refractivity contribution in [2.45, 2.75) is 25.6 Å². The summed E-state index contributed by atoms with van der Waals surface area (Å²) in [5.41, 5.74) is 0.796. The van der Waals surface area contributed by atoms with Gasteiger partial charge in [0.1, 0.15) is 6.10 Å². The molecule has 0 radical (unpaired) electrons. The van der Waals surface area contributed by atoms with Gasteiger partial charge in [-0.3, -0.25) is 0 Å². The van der Waals surface area contributed by atoms with E-state index in [0.717, 1.165) is 6.07 Å². The summed E-state index contributed by atoms with van der Waals surface area (Å²) in [6.45, 7) is 1.58. The standard InChI is InChI=1S/C10H13ClFNO2/c1-6-7(2-3-9(12)13-6)10(15)8(14)4-5-11/h2-3,8,10,14-15H,4-5H2,1H3. The van der Waals surface area contributed by atoms with Crippen molar-refractivity contribution in [2.75, 3.05) is 5.88 Å². The largest absolute Gasteiger partial charge is 0.390 e. The monoisotopic (exact) mass is 233 g/mol. The molecule has 5 heteroatoms. The van der Waals surface area contributed by atoms with Crippen LogP contribution in [-0.2, 0) is 0 Å². The van der Waals surface area contributed by atoms with Crippen molar-refractivity contribution in [1.29, 1.82) is 0 Å². The number of pyridine rings is 1. The molecule has 0 aromatic carbocycles. The lowest BCUT2D eigenvalue weighted by Crippen LogP contribution is -2.20. The van der Waals surface area contributed by atoms with Gasteiger partial charge in [0, 0.05) is 17.1 Å². The highest BCUT2D eigenvalue weighted by Gasteiger charge is 2.20. The van der Waals surface area contributed by atoms with Gasteiger partial charge in [0.05, 0.1) is 6.10 Å². The van der Waals surface area contributed by atoms with Crippen LogP contribution in [0.1, 0.15) is 23.8 Å². The zero-order valence-corrected chi connectivity index (χ0v) is 9.08. The molecule has 1 heterocycles. The molecule has 3 nitrogen and oxygen atoms in total. The van der Waals surface area contributed by atoms with Crippen molar-refractivity contribution in [3.8, 4) is 0 Å². The summed E-state index contributed by atoms with van der Waals surface area (Å²) in [7, 11) is 0. The third kappa shape index (κ3) is 3.12. The van der Waals surface area contributed by atoms with E-state index in [1.54, 1.807) is 6.92 Å². The third-order valence-corrected chi connectivity index (χ3v) is 2.40. The third-order valence-electron chi connectivity index (χ3n) is 2.18. The van der Waals surface area contributed by atoms with Crippen LogP contribution in [0, 0.1) is 12.9 Å². The quantitative estimate of drug-likeness (QED) is 0.613. The molecule has 2 N–H and O–H groups in total. The smallest absolute Gasteiger partial charge is 0.213 e. The van der Waals surface area contributed by atoms with Crippen LogP contribution in [0.2, 0.25) is 0 Å². The Morgan fingerprint density at radius 1 is 1.47 bits per heavy atom. The zero-order valence-electron chi connectivity index (χ0n) is 8.32. The van der Waals surface area contributed by atoms with E-state index in [1.807, 2.05) is 0 Å². The predicted octanol–water partition coefficient (Wildman–Crippen LogP) is 1.55. The molecular formula is C10H13ClFNO2. The molecule has 2 unspecified atom stereocenters. The maximum Gasteiger partial charge on any atom is 0.213 e. The highest BCUT2D eigenvalue weighted by molar-refractivity contribution is 6.17. The van der Waals surface area contributed by atoms with Crippen LogP contribution in [0.5, 0.6) is 0 Å². The van der Waals surface area contributed by atoms with Crippen molar-refractivity contribution in [3.05, 3.63) is 29.3 Å². The minimum atomic E-state index is -1.07. The molecule has 15 heavy (non-hydrogen) atoms. The topological polar surface area (TPSA) is 53.4 Å². The number of rotatable bonds is 4. The van der Waals surface area contributed by atoms with Crippen LogP contribution in [0.4, 0.5) is 4.39 Å². The second kappa shape index (κ2) is 5.39. The Labute approximate surface area is 92.5 Å². The van der Waals surface area contributed by atoms with Gasteiger partial charge in [-0.05, 0) is 25.5 Å². The highest BCUT2D eigenvalue weighted by atomic mass is 35.5. The molecule has 1 aromatic rings. The Morgan fingerprint density at radius 3 is 2.67 bits per heavy atom. The Hall–Kier alpha value is -0.710. The van der Waals surface area contributed by atoms with E-state index in [2.05, 4.69) is 4.98 Å². The first-order chi connectivity index (χ1) is 7.06. The molecule has 0 aliphatic carbocycles. The number of hydrogen-bond acceptors (Lipinski definition) is 3. The molecule has 0 fully saturated rings. The van der Waals surface area contributed by atoms with E-state index in [1.165, 1.54) is 6.07 Å². The average Bonchev–Trinajstić information content (AvgIpc) is 2.17. The van der Waals surface area contributed by atoms with Crippen molar-refractivity contribution in [3.63, 3.8) is 0 Å². The lowest BCUT2D eigenvalue weighted by atomic mass is 10.0. The number of alkyl halides is 1. The molecule has 2 atom stereocenters. The fourth-order valence-corrected chi connectivity index (χ4v) is 1.55. The minimum Gasteiger partial charge on any atom is -0.390 e. The number of aryl methyl sites for hydroxylation is 1. The van der Waals surface area contributed by atoms with Gasteiger partial charge < -0.3 is 10.2 Å². The van der Waals surface area contributed by atoms with Gasteiger partial charge in [-0.15, -0.1) is 11.6 Å². The first-order valence-electron chi connectivity index (χ1n) is 4.61. The predicted molar refractivity (Wildman–Crippen MR) is 55.2 cm³/mol. The van der Waals surface area contributed by atoms with Gasteiger partial charge in [-0.1, -0.05) is 0 Å². The van der Waals surface area contributed by atoms with Crippen molar-refractivity contribution >= 4 is 11.6 Å². The second-order valence-electron chi connectivity index (χ2n) is 3.30. The molecule has 0 bridgehead atoms. The Bertz CT molecular complexity index is 335. The minimum absolute atomic E-state index is 0.256. The summed E-state index contributed by atoms with van der Waals surface area (Å²) >= 11 is 5.45. The van der Waals surface area contributed by atoms with Crippen molar-refractivity contribution in [1.82, 2.24) is 4.98 Å². The molecule has 0 saturated carbocycles. The Balaban J connectivity index is 2.86. The molecule has 0 aliphatic heterocycles. The average molecular weight is 234 g/mol. The van der Waals surface area contributed by atoms with E-state index >= 15 is 0 Å². The fourth-order valence-electron chi connectivity index (χ4n) is 1.33. The van der Waals surface area contributed by atoms with Gasteiger partial charge in [-0.2, -0.15) is 4.39 Å². The Kier molecular flexibility index (Phi) is 4.45. The highest BCUT2D eigenvalue weighted by Crippen LogP contribution is 2.21. The maximum atomic E-state index is 12.7. The molecule has 0 amide bonds. The maximum absolute atomic E-state index is 12.7. The van der Waals surface area contributed by atoms with E-state index in [0.29, 0.717) is 11.3 Å². The van der Waals surface area contributed by atoms with E-state index in [9.17, 15) is 14.6 Å². The first kappa shape index (κ1) is 12.4. The SMILES string of the molecule is Cc1nc(F)ccc1C(O)C(O)CCCl. The summed E-state index contributed by atoms with van der Waals surface area (Å²) in [6.07, 6.45) is -1.75. The van der Waals surface area contributed by atoms with E-state index < -0.39 is 18.2 Å². The summed E-state index contributed by atoms with van der Waals surface area (Å²) in [4.78, 5) is 3.57. The molecule has 0 aliphatic rings. The number of aliphatic hydroxyl groups is 2. The molecule has 1 rings (SSSR count). The number of halogens is 2. The number of aliphatic hydroxyl groups excluding tert-OH is 2. The van der Waals surface area contributed by atoms with Gasteiger partial charge >= 0.3 is 0 Å². The second-order valence-corrected chi connectivity index (χ2v) is 3.68. The van der Waals surface area contributed by atoms with Gasteiger partial charge in [0.25, 0.3) is 0 Å². The summed E-state index contributed by atoms with van der Waals surface area (Å²) < 4.78 is 12.7. The number of aromatic nitrogens is 1. The molecule has 84 valence electrons. The lowest BCUT2D eigenvalue weighted by Gasteiger charge is -2.18. The van der Waals surface area contributed by atoms with E-state index in [-0.39, 0.29) is 12.3 Å². The summed E-state index contributed by atoms with van der Waals surface area (Å²) in [5.74, 6) is -0.346. The van der Waals surface area contributed by atoms with Crippen LogP contribution >= 0.6 is 11.6 Å². The van der Waals surface area contributed by atoms with Crippen LogP contribution in [0.3, 0.4) is 0 Å². The first-order valence-corrected chi connectivity index (χ1v) is 5.15.